The number of carbonyl (C=O) groups excluding carboxylic acids is 1. The maximum absolute atomic E-state index is 11.3. The number of carbonyl (C=O) groups is 1. The van der Waals surface area contributed by atoms with Crippen molar-refractivity contribution in [2.24, 2.45) is 11.7 Å². The number of anilines is 1. The van der Waals surface area contributed by atoms with Gasteiger partial charge in [0, 0.05) is 21.7 Å². The minimum atomic E-state index is -0.243. The number of pyridine rings is 1. The van der Waals surface area contributed by atoms with Crippen molar-refractivity contribution in [2.45, 2.75) is 25.3 Å². The first-order valence-electron chi connectivity index (χ1n) is 7.86. The van der Waals surface area contributed by atoms with Crippen molar-refractivity contribution < 1.29 is 4.79 Å². The summed E-state index contributed by atoms with van der Waals surface area (Å²) in [6.07, 6.45) is 5.74. The number of hydrogen-bond acceptors (Lipinski definition) is 7. The molecule has 3 aromatic rings. The number of amides is 1. The van der Waals surface area contributed by atoms with Crippen molar-refractivity contribution in [2.75, 3.05) is 5.32 Å². The number of nitrogens with zero attached hydrogens (tertiary/aromatic N) is 6. The highest BCUT2D eigenvalue weighted by Gasteiger charge is 2.28. The van der Waals surface area contributed by atoms with Crippen LogP contribution in [-0.2, 0) is 4.79 Å². The van der Waals surface area contributed by atoms with Gasteiger partial charge >= 0.3 is 0 Å². The minimum absolute atomic E-state index is 0.0792. The van der Waals surface area contributed by atoms with Crippen molar-refractivity contribution in [1.29, 1.82) is 0 Å². The number of fused-ring (bicyclic) bond motifs is 1. The maximum atomic E-state index is 11.3. The lowest BCUT2D eigenvalue weighted by Crippen LogP contribution is -2.23. The topological polar surface area (TPSA) is 124 Å². The lowest BCUT2D eigenvalue weighted by atomic mass is 10.1. The molecule has 2 atom stereocenters. The van der Waals surface area contributed by atoms with Crippen molar-refractivity contribution in [3.63, 3.8) is 0 Å². The Hall–Kier alpha value is -2.37. The second kappa shape index (κ2) is 6.50. The first kappa shape index (κ1) is 16.1. The number of rotatable bonds is 4. The second-order valence-corrected chi connectivity index (χ2v) is 7.24. The van der Waals surface area contributed by atoms with Crippen molar-refractivity contribution in [1.82, 2.24) is 29.9 Å². The van der Waals surface area contributed by atoms with Crippen LogP contribution in [0.4, 0.5) is 5.95 Å². The van der Waals surface area contributed by atoms with Crippen LogP contribution < -0.4 is 11.1 Å². The number of hydrogen-bond donors (Lipinski definition) is 2. The van der Waals surface area contributed by atoms with Gasteiger partial charge in [0.2, 0.25) is 11.9 Å². The monoisotopic (exact) mass is 450 g/mol. The summed E-state index contributed by atoms with van der Waals surface area (Å²) in [7, 11) is 0. The number of nitrogens with two attached hydrogens (primary N) is 1. The van der Waals surface area contributed by atoms with Crippen LogP contribution in [0.3, 0.4) is 0 Å². The summed E-state index contributed by atoms with van der Waals surface area (Å²) in [5.41, 5.74) is 6.55. The van der Waals surface area contributed by atoms with Crippen molar-refractivity contribution >= 4 is 45.6 Å². The molecule has 1 aliphatic rings. The smallest absolute Gasteiger partial charge is 0.225 e. The van der Waals surface area contributed by atoms with E-state index < -0.39 is 0 Å². The third kappa shape index (κ3) is 3.25. The fraction of sp³-hybridized carbons (Fsp3) is 0.333. The first-order chi connectivity index (χ1) is 12.1. The molecular weight excluding hydrogens is 435 g/mol. The Bertz CT molecular complexity index is 925. The van der Waals surface area contributed by atoms with Crippen LogP contribution in [-0.4, -0.2) is 41.9 Å². The van der Waals surface area contributed by atoms with Gasteiger partial charge in [0.15, 0.2) is 17.0 Å². The van der Waals surface area contributed by atoms with E-state index in [1.807, 2.05) is 12.1 Å². The molecule has 1 aliphatic carbocycles. The van der Waals surface area contributed by atoms with Crippen LogP contribution in [0.25, 0.3) is 17.0 Å². The summed E-state index contributed by atoms with van der Waals surface area (Å²) in [6, 6.07) is 3.94. The molecule has 0 saturated heterocycles. The van der Waals surface area contributed by atoms with E-state index in [4.69, 9.17) is 5.73 Å². The highest BCUT2D eigenvalue weighted by molar-refractivity contribution is 14.1. The Labute approximate surface area is 156 Å². The largest absolute Gasteiger partial charge is 0.369 e. The number of aromatic nitrogens is 6. The molecule has 3 aromatic heterocycles. The van der Waals surface area contributed by atoms with E-state index >= 15 is 0 Å². The van der Waals surface area contributed by atoms with Crippen molar-refractivity contribution in [3.05, 3.63) is 28.1 Å². The molecule has 0 aromatic carbocycles. The fourth-order valence-electron chi connectivity index (χ4n) is 3.00. The van der Waals surface area contributed by atoms with Gasteiger partial charge in [0.1, 0.15) is 0 Å². The Balaban J connectivity index is 1.60. The van der Waals surface area contributed by atoms with Crippen LogP contribution in [0.5, 0.6) is 0 Å². The fourth-order valence-corrected chi connectivity index (χ4v) is 3.32. The minimum Gasteiger partial charge on any atom is -0.369 e. The molecule has 0 radical (unpaired) electrons. The van der Waals surface area contributed by atoms with Gasteiger partial charge in [0.25, 0.3) is 0 Å². The second-order valence-electron chi connectivity index (χ2n) is 5.99. The molecule has 128 valence electrons. The molecular formula is C15H15IN8O. The zero-order chi connectivity index (χ0) is 17.4. The van der Waals surface area contributed by atoms with E-state index in [9.17, 15) is 4.79 Å². The third-order valence-electron chi connectivity index (χ3n) is 4.29. The highest BCUT2D eigenvalue weighted by Crippen LogP contribution is 2.27. The average Bonchev–Trinajstić information content (AvgIpc) is 3.22. The Morgan fingerprint density at radius 2 is 2.16 bits per heavy atom. The highest BCUT2D eigenvalue weighted by atomic mass is 127. The van der Waals surface area contributed by atoms with Gasteiger partial charge in [-0.3, -0.25) is 4.79 Å². The van der Waals surface area contributed by atoms with Gasteiger partial charge in [0.05, 0.1) is 6.20 Å². The molecule has 25 heavy (non-hydrogen) atoms. The summed E-state index contributed by atoms with van der Waals surface area (Å²) in [6.45, 7) is 0. The SMILES string of the molecule is NC(=O)[C@@H]1CC[C@@H](Nc2ncc3nnn(-c4ccc(I)cn4)c3n2)C1. The van der Waals surface area contributed by atoms with Gasteiger partial charge in [-0.15, -0.1) is 5.10 Å². The predicted octanol–water partition coefficient (Wildman–Crippen LogP) is 1.28. The van der Waals surface area contributed by atoms with E-state index in [0.717, 1.165) is 16.4 Å². The van der Waals surface area contributed by atoms with Crippen molar-refractivity contribution in [3.8, 4) is 5.82 Å². The van der Waals surface area contributed by atoms with E-state index in [-0.39, 0.29) is 17.9 Å². The summed E-state index contributed by atoms with van der Waals surface area (Å²) < 4.78 is 2.62. The molecule has 0 aliphatic heterocycles. The molecule has 1 amide bonds. The van der Waals surface area contributed by atoms with Gasteiger partial charge in [-0.05, 0) is 54.0 Å². The van der Waals surface area contributed by atoms with Crippen LogP contribution >= 0.6 is 22.6 Å². The Kier molecular flexibility index (Phi) is 4.19. The Morgan fingerprint density at radius 3 is 2.88 bits per heavy atom. The molecule has 0 bridgehead atoms. The Morgan fingerprint density at radius 1 is 1.28 bits per heavy atom. The standard InChI is InChI=1S/C15H15IN8O/c16-9-2-4-12(18-6-9)24-14-11(22-23-24)7-19-15(21-14)20-10-3-1-8(5-10)13(17)25/h2,4,6-8,10H,1,3,5H2,(H2,17,25)(H,19,20,21)/t8-,10-/m1/s1. The molecule has 9 nitrogen and oxygen atoms in total. The lowest BCUT2D eigenvalue weighted by molar-refractivity contribution is -0.121. The zero-order valence-electron chi connectivity index (χ0n) is 13.1. The summed E-state index contributed by atoms with van der Waals surface area (Å²) in [5.74, 6) is 0.802. The normalized spacial score (nSPS) is 20.0. The molecule has 0 unspecified atom stereocenters. The first-order valence-corrected chi connectivity index (χ1v) is 8.94. The lowest BCUT2D eigenvalue weighted by Gasteiger charge is -2.12. The molecule has 1 fully saturated rings. The molecule has 4 rings (SSSR count). The molecule has 3 N–H and O–H groups in total. The molecule has 3 heterocycles. The molecule has 1 saturated carbocycles. The van der Waals surface area contributed by atoms with Crippen LogP contribution in [0.2, 0.25) is 0 Å². The van der Waals surface area contributed by atoms with E-state index in [1.54, 1.807) is 17.1 Å². The quantitative estimate of drug-likeness (QED) is 0.574. The average molecular weight is 450 g/mol. The molecule has 0 spiro atoms. The van der Waals surface area contributed by atoms with Gasteiger partial charge < -0.3 is 11.1 Å². The van der Waals surface area contributed by atoms with Crippen LogP contribution in [0, 0.1) is 9.49 Å². The zero-order valence-corrected chi connectivity index (χ0v) is 15.3. The molecule has 10 heteroatoms. The number of halogens is 1. The van der Waals surface area contributed by atoms with Gasteiger partial charge in [-0.25, -0.2) is 9.97 Å². The van der Waals surface area contributed by atoms with Crippen LogP contribution in [0.1, 0.15) is 19.3 Å². The van der Waals surface area contributed by atoms with Gasteiger partial charge in [-0.1, -0.05) is 5.21 Å². The number of nitrogens with one attached hydrogen (secondary N) is 1. The van der Waals surface area contributed by atoms with E-state index in [1.165, 1.54) is 0 Å². The summed E-state index contributed by atoms with van der Waals surface area (Å²) in [4.78, 5) is 24.5. The maximum Gasteiger partial charge on any atom is 0.225 e. The number of primary amides is 1. The summed E-state index contributed by atoms with van der Waals surface area (Å²) >= 11 is 2.20. The third-order valence-corrected chi connectivity index (χ3v) is 4.93. The summed E-state index contributed by atoms with van der Waals surface area (Å²) in [5, 5.41) is 11.5. The van der Waals surface area contributed by atoms with Crippen LogP contribution in [0.15, 0.2) is 24.5 Å². The van der Waals surface area contributed by atoms with E-state index in [0.29, 0.717) is 29.4 Å². The van der Waals surface area contributed by atoms with E-state index in [2.05, 4.69) is 53.2 Å². The van der Waals surface area contributed by atoms with Gasteiger partial charge in [-0.2, -0.15) is 9.67 Å². The predicted molar refractivity (Wildman–Crippen MR) is 98.9 cm³/mol.